The third-order valence-corrected chi connectivity index (χ3v) is 2.96. The average molecular weight is 262 g/mol. The molecule has 0 aromatic carbocycles. The predicted molar refractivity (Wildman–Crippen MR) is 56.7 cm³/mol. The standard InChI is InChI=1S/C10H9F3N2OS/c11-10(12,13)9(16)7-1-3-15(5-7)6-8-14-2-4-17-8/h1-5,9,16H,6H2. The van der Waals surface area contributed by atoms with Crippen LogP contribution >= 0.6 is 11.3 Å². The van der Waals surface area contributed by atoms with Crippen LogP contribution in [0.5, 0.6) is 0 Å². The molecular formula is C10H9F3N2OS. The highest BCUT2D eigenvalue weighted by Crippen LogP contribution is 2.32. The van der Waals surface area contributed by atoms with E-state index in [1.54, 1.807) is 16.1 Å². The van der Waals surface area contributed by atoms with Gasteiger partial charge in [-0.15, -0.1) is 11.3 Å². The molecular weight excluding hydrogens is 253 g/mol. The molecule has 0 saturated carbocycles. The summed E-state index contributed by atoms with van der Waals surface area (Å²) in [4.78, 5) is 4.03. The van der Waals surface area contributed by atoms with Crippen molar-refractivity contribution in [2.45, 2.75) is 18.8 Å². The molecule has 0 amide bonds. The van der Waals surface area contributed by atoms with Gasteiger partial charge in [0.25, 0.3) is 0 Å². The highest BCUT2D eigenvalue weighted by atomic mass is 32.1. The van der Waals surface area contributed by atoms with Crippen LogP contribution in [-0.4, -0.2) is 20.8 Å². The van der Waals surface area contributed by atoms with Gasteiger partial charge in [0.05, 0.1) is 6.54 Å². The minimum Gasteiger partial charge on any atom is -0.379 e. The predicted octanol–water partition coefficient (Wildman–Crippen LogP) is 2.59. The zero-order valence-electron chi connectivity index (χ0n) is 8.55. The van der Waals surface area contributed by atoms with Crippen LogP contribution in [0.4, 0.5) is 13.2 Å². The topological polar surface area (TPSA) is 38.0 Å². The summed E-state index contributed by atoms with van der Waals surface area (Å²) in [5.74, 6) is 0. The lowest BCUT2D eigenvalue weighted by Gasteiger charge is -2.12. The Balaban J connectivity index is 2.11. The number of halogens is 3. The first-order valence-corrected chi connectivity index (χ1v) is 5.63. The van der Waals surface area contributed by atoms with Crippen molar-refractivity contribution in [3.05, 3.63) is 40.6 Å². The van der Waals surface area contributed by atoms with Gasteiger partial charge in [0.1, 0.15) is 5.01 Å². The monoisotopic (exact) mass is 262 g/mol. The Hall–Kier alpha value is -1.34. The third-order valence-electron chi connectivity index (χ3n) is 2.20. The number of rotatable bonds is 3. The number of thiazole rings is 1. The van der Waals surface area contributed by atoms with Crippen molar-refractivity contribution >= 4 is 11.3 Å². The van der Waals surface area contributed by atoms with Gasteiger partial charge in [0, 0.05) is 29.5 Å². The van der Waals surface area contributed by atoms with Crippen LogP contribution < -0.4 is 0 Å². The van der Waals surface area contributed by atoms with Crippen LogP contribution in [0.15, 0.2) is 30.0 Å². The Morgan fingerprint density at radius 1 is 1.47 bits per heavy atom. The van der Waals surface area contributed by atoms with Gasteiger partial charge in [-0.05, 0) is 6.07 Å². The molecule has 0 saturated heterocycles. The molecule has 0 aliphatic heterocycles. The number of aliphatic hydroxyl groups is 1. The van der Waals surface area contributed by atoms with Crippen molar-refractivity contribution in [1.82, 2.24) is 9.55 Å². The summed E-state index contributed by atoms with van der Waals surface area (Å²) in [6.45, 7) is 0.405. The van der Waals surface area contributed by atoms with E-state index in [4.69, 9.17) is 5.11 Å². The van der Waals surface area contributed by atoms with E-state index >= 15 is 0 Å². The van der Waals surface area contributed by atoms with Gasteiger partial charge in [0.15, 0.2) is 6.10 Å². The summed E-state index contributed by atoms with van der Waals surface area (Å²) in [7, 11) is 0. The fourth-order valence-electron chi connectivity index (χ4n) is 1.40. The Morgan fingerprint density at radius 2 is 2.24 bits per heavy atom. The molecule has 2 aromatic heterocycles. The number of aliphatic hydroxyl groups excluding tert-OH is 1. The molecule has 1 atom stereocenters. The number of nitrogens with zero attached hydrogens (tertiary/aromatic N) is 2. The van der Waals surface area contributed by atoms with Crippen molar-refractivity contribution in [3.63, 3.8) is 0 Å². The molecule has 0 radical (unpaired) electrons. The molecule has 0 aliphatic carbocycles. The molecule has 0 aliphatic rings. The van der Waals surface area contributed by atoms with Crippen molar-refractivity contribution in [1.29, 1.82) is 0 Å². The lowest BCUT2D eigenvalue weighted by molar-refractivity contribution is -0.206. The molecule has 7 heteroatoms. The molecule has 0 fully saturated rings. The zero-order valence-corrected chi connectivity index (χ0v) is 9.37. The SMILES string of the molecule is OC(c1ccn(Cc2nccs2)c1)C(F)(F)F. The molecule has 3 nitrogen and oxygen atoms in total. The van der Waals surface area contributed by atoms with E-state index in [0.29, 0.717) is 6.54 Å². The molecule has 1 unspecified atom stereocenters. The van der Waals surface area contributed by atoms with Crippen LogP contribution in [0.25, 0.3) is 0 Å². The molecule has 2 heterocycles. The van der Waals surface area contributed by atoms with Crippen LogP contribution in [0.2, 0.25) is 0 Å². The minimum atomic E-state index is -4.63. The third kappa shape index (κ3) is 2.86. The summed E-state index contributed by atoms with van der Waals surface area (Å²) < 4.78 is 38.3. The first-order chi connectivity index (χ1) is 7.97. The number of alkyl halides is 3. The number of hydrogen-bond acceptors (Lipinski definition) is 3. The Kier molecular flexibility index (Phi) is 3.21. The second-order valence-electron chi connectivity index (χ2n) is 3.49. The first-order valence-electron chi connectivity index (χ1n) is 4.75. The summed E-state index contributed by atoms with van der Waals surface area (Å²) in [5.41, 5.74) is -0.158. The van der Waals surface area contributed by atoms with Gasteiger partial charge < -0.3 is 9.67 Å². The molecule has 1 N–H and O–H groups in total. The summed E-state index contributed by atoms with van der Waals surface area (Å²) in [5, 5.41) is 11.6. The van der Waals surface area contributed by atoms with Crippen molar-refractivity contribution < 1.29 is 18.3 Å². The highest BCUT2D eigenvalue weighted by molar-refractivity contribution is 7.09. The van der Waals surface area contributed by atoms with E-state index in [1.165, 1.54) is 29.8 Å². The molecule has 2 aromatic rings. The Bertz CT molecular complexity index is 478. The quantitative estimate of drug-likeness (QED) is 0.923. The van der Waals surface area contributed by atoms with Gasteiger partial charge in [-0.1, -0.05) is 0 Å². The van der Waals surface area contributed by atoms with E-state index in [2.05, 4.69) is 4.98 Å². The summed E-state index contributed by atoms with van der Waals surface area (Å²) in [6.07, 6.45) is -2.66. The molecule has 17 heavy (non-hydrogen) atoms. The minimum absolute atomic E-state index is 0.158. The van der Waals surface area contributed by atoms with Crippen molar-refractivity contribution in [2.75, 3.05) is 0 Å². The molecule has 92 valence electrons. The lowest BCUT2D eigenvalue weighted by Crippen LogP contribution is -2.19. The maximum atomic E-state index is 12.3. The van der Waals surface area contributed by atoms with Gasteiger partial charge in [-0.2, -0.15) is 13.2 Å². The first kappa shape index (κ1) is 12.1. The van der Waals surface area contributed by atoms with E-state index in [1.807, 2.05) is 0 Å². The molecule has 2 rings (SSSR count). The number of hydrogen-bond donors (Lipinski definition) is 1. The van der Waals surface area contributed by atoms with E-state index in [9.17, 15) is 13.2 Å². The molecule has 0 spiro atoms. The number of aromatic nitrogens is 2. The van der Waals surface area contributed by atoms with Gasteiger partial charge in [-0.25, -0.2) is 4.98 Å². The van der Waals surface area contributed by atoms with Crippen LogP contribution in [-0.2, 0) is 6.54 Å². The van der Waals surface area contributed by atoms with Gasteiger partial charge in [-0.3, -0.25) is 0 Å². The summed E-state index contributed by atoms with van der Waals surface area (Å²) >= 11 is 1.42. The van der Waals surface area contributed by atoms with Crippen LogP contribution in [0, 0.1) is 0 Å². The van der Waals surface area contributed by atoms with E-state index in [-0.39, 0.29) is 5.56 Å². The second-order valence-corrected chi connectivity index (χ2v) is 4.47. The fraction of sp³-hybridized carbons (Fsp3) is 0.300. The largest absolute Gasteiger partial charge is 0.418 e. The fourth-order valence-corrected chi connectivity index (χ4v) is 2.02. The normalized spacial score (nSPS) is 13.9. The van der Waals surface area contributed by atoms with Gasteiger partial charge in [0.2, 0.25) is 0 Å². The van der Waals surface area contributed by atoms with E-state index < -0.39 is 12.3 Å². The Morgan fingerprint density at radius 3 is 2.82 bits per heavy atom. The van der Waals surface area contributed by atoms with Crippen LogP contribution in [0.3, 0.4) is 0 Å². The maximum absolute atomic E-state index is 12.3. The van der Waals surface area contributed by atoms with Crippen molar-refractivity contribution in [3.8, 4) is 0 Å². The van der Waals surface area contributed by atoms with Crippen molar-refractivity contribution in [2.24, 2.45) is 0 Å². The summed E-state index contributed by atoms with van der Waals surface area (Å²) in [6, 6.07) is 1.26. The van der Waals surface area contributed by atoms with E-state index in [0.717, 1.165) is 5.01 Å². The maximum Gasteiger partial charge on any atom is 0.418 e. The van der Waals surface area contributed by atoms with Gasteiger partial charge >= 0.3 is 6.18 Å². The highest BCUT2D eigenvalue weighted by Gasteiger charge is 2.39. The average Bonchev–Trinajstić information content (AvgIpc) is 2.87. The Labute approximate surface area is 99.2 Å². The molecule has 0 bridgehead atoms. The van der Waals surface area contributed by atoms with Crippen LogP contribution in [0.1, 0.15) is 16.7 Å². The lowest BCUT2D eigenvalue weighted by atomic mass is 10.2. The smallest absolute Gasteiger partial charge is 0.379 e. The second kappa shape index (κ2) is 4.50. The zero-order chi connectivity index (χ0) is 12.5.